The Labute approximate surface area is 209 Å². The van der Waals surface area contributed by atoms with Crippen LogP contribution in [0.5, 0.6) is 0 Å². The zero-order chi connectivity index (χ0) is 24.6. The number of rotatable bonds is 5. The maximum atomic E-state index is 6.20. The van der Waals surface area contributed by atoms with Gasteiger partial charge in [-0.25, -0.2) is 14.3 Å². The predicted octanol–water partition coefficient (Wildman–Crippen LogP) is 5.28. The van der Waals surface area contributed by atoms with E-state index in [1.165, 1.54) is 17.5 Å². The molecule has 0 spiro atoms. The van der Waals surface area contributed by atoms with Gasteiger partial charge >= 0.3 is 0 Å². The molecule has 1 aliphatic rings. The van der Waals surface area contributed by atoms with Gasteiger partial charge in [-0.3, -0.25) is 4.90 Å². The Bertz CT molecular complexity index is 1520. The molecule has 0 bridgehead atoms. The molecule has 8 heteroatoms. The molecule has 0 saturated carbocycles. The number of benzene rings is 3. The van der Waals surface area contributed by atoms with E-state index in [0.29, 0.717) is 0 Å². The lowest BCUT2D eigenvalue weighted by molar-refractivity contribution is 0.0862. The van der Waals surface area contributed by atoms with Crippen LogP contribution in [0.3, 0.4) is 0 Å². The highest BCUT2D eigenvalue weighted by atomic mass is 16.7. The minimum Gasteiger partial charge on any atom is -0.363 e. The van der Waals surface area contributed by atoms with E-state index in [2.05, 4.69) is 82.5 Å². The third-order valence-electron chi connectivity index (χ3n) is 6.29. The van der Waals surface area contributed by atoms with Gasteiger partial charge in [-0.15, -0.1) is 0 Å². The fourth-order valence-electron chi connectivity index (χ4n) is 4.44. The second-order valence-electron chi connectivity index (χ2n) is 8.85. The average Bonchev–Trinajstić information content (AvgIpc) is 3.64. The van der Waals surface area contributed by atoms with Crippen molar-refractivity contribution in [2.45, 2.75) is 27.0 Å². The minimum absolute atomic E-state index is 0.555. The van der Waals surface area contributed by atoms with Gasteiger partial charge in [0, 0.05) is 11.3 Å². The van der Waals surface area contributed by atoms with Crippen molar-refractivity contribution in [2.75, 3.05) is 4.90 Å². The van der Waals surface area contributed by atoms with Crippen LogP contribution in [0, 0.1) is 20.8 Å². The molecule has 3 heterocycles. The maximum absolute atomic E-state index is 6.20. The molecule has 3 aromatic carbocycles. The molecule has 5 aromatic rings. The van der Waals surface area contributed by atoms with E-state index in [0.717, 1.165) is 39.8 Å². The van der Waals surface area contributed by atoms with E-state index in [-0.39, 0.29) is 0 Å². The highest BCUT2D eigenvalue weighted by Gasteiger charge is 2.39. The van der Waals surface area contributed by atoms with E-state index in [4.69, 9.17) is 9.94 Å². The standard InChI is InChI=1S/C28H25N7O/c1-19-9-13-22(14-10-19)26-32-36-28(34(26)23-15-11-20(2)12-16-23)25-21(3)31-35(24-7-5-4-6-8-24)27(25)33-18-29-17-30-33/h4-18,28H,1-3H3. The molecule has 1 atom stereocenters. The van der Waals surface area contributed by atoms with Crippen LogP contribution in [0.25, 0.3) is 11.5 Å². The Kier molecular flexibility index (Phi) is 5.33. The van der Waals surface area contributed by atoms with Crippen LogP contribution in [0.4, 0.5) is 5.69 Å². The molecule has 178 valence electrons. The Morgan fingerprint density at radius 2 is 1.47 bits per heavy atom. The first kappa shape index (κ1) is 21.8. The topological polar surface area (TPSA) is 73.4 Å². The number of para-hydroxylation sites is 1. The second-order valence-corrected chi connectivity index (χ2v) is 8.85. The molecule has 0 fully saturated rings. The minimum atomic E-state index is -0.555. The number of hydrogen-bond donors (Lipinski definition) is 0. The molecule has 0 saturated heterocycles. The summed E-state index contributed by atoms with van der Waals surface area (Å²) >= 11 is 0. The van der Waals surface area contributed by atoms with Gasteiger partial charge in [0.2, 0.25) is 6.23 Å². The fraction of sp³-hybridized carbons (Fsp3) is 0.143. The van der Waals surface area contributed by atoms with Gasteiger partial charge < -0.3 is 4.84 Å². The monoisotopic (exact) mass is 475 g/mol. The van der Waals surface area contributed by atoms with Crippen molar-refractivity contribution in [3.63, 3.8) is 0 Å². The van der Waals surface area contributed by atoms with Gasteiger partial charge in [-0.05, 0) is 45.0 Å². The number of amidine groups is 1. The molecule has 2 aromatic heterocycles. The van der Waals surface area contributed by atoms with Crippen molar-refractivity contribution >= 4 is 11.5 Å². The van der Waals surface area contributed by atoms with Gasteiger partial charge in [0.15, 0.2) is 11.7 Å². The number of nitrogens with zero attached hydrogens (tertiary/aromatic N) is 7. The van der Waals surface area contributed by atoms with Gasteiger partial charge in [0.05, 0.1) is 16.9 Å². The first-order valence-electron chi connectivity index (χ1n) is 11.8. The summed E-state index contributed by atoms with van der Waals surface area (Å²) < 4.78 is 3.60. The summed E-state index contributed by atoms with van der Waals surface area (Å²) in [4.78, 5) is 12.5. The number of aromatic nitrogens is 5. The summed E-state index contributed by atoms with van der Waals surface area (Å²) in [5.41, 5.74) is 6.89. The summed E-state index contributed by atoms with van der Waals surface area (Å²) in [6, 6.07) is 26.6. The second kappa shape index (κ2) is 8.81. The quantitative estimate of drug-likeness (QED) is 0.346. The van der Waals surface area contributed by atoms with E-state index >= 15 is 0 Å². The highest BCUT2D eigenvalue weighted by molar-refractivity contribution is 6.10. The van der Waals surface area contributed by atoms with Gasteiger partial charge in [-0.2, -0.15) is 10.2 Å². The first-order chi connectivity index (χ1) is 17.6. The van der Waals surface area contributed by atoms with Crippen LogP contribution in [0.2, 0.25) is 0 Å². The molecule has 1 aliphatic heterocycles. The van der Waals surface area contributed by atoms with Gasteiger partial charge in [-0.1, -0.05) is 70.9 Å². The van der Waals surface area contributed by atoms with Crippen LogP contribution in [0.15, 0.2) is 96.7 Å². The van der Waals surface area contributed by atoms with Crippen LogP contribution >= 0.6 is 0 Å². The summed E-state index contributed by atoms with van der Waals surface area (Å²) in [7, 11) is 0. The van der Waals surface area contributed by atoms with Crippen LogP contribution in [0.1, 0.15) is 34.2 Å². The average molecular weight is 476 g/mol. The van der Waals surface area contributed by atoms with E-state index in [1.807, 2.05) is 41.9 Å². The van der Waals surface area contributed by atoms with Crippen molar-refractivity contribution in [1.82, 2.24) is 24.5 Å². The zero-order valence-electron chi connectivity index (χ0n) is 20.3. The lowest BCUT2D eigenvalue weighted by Crippen LogP contribution is -2.32. The molecule has 8 nitrogen and oxygen atoms in total. The summed E-state index contributed by atoms with van der Waals surface area (Å²) in [5, 5.41) is 13.9. The highest BCUT2D eigenvalue weighted by Crippen LogP contribution is 2.39. The third-order valence-corrected chi connectivity index (χ3v) is 6.29. The molecule has 36 heavy (non-hydrogen) atoms. The summed E-state index contributed by atoms with van der Waals surface area (Å²) in [5.74, 6) is 1.49. The van der Waals surface area contributed by atoms with E-state index in [9.17, 15) is 0 Å². The lowest BCUT2D eigenvalue weighted by Gasteiger charge is -2.26. The van der Waals surface area contributed by atoms with Crippen molar-refractivity contribution in [1.29, 1.82) is 0 Å². The van der Waals surface area contributed by atoms with Crippen LogP contribution in [-0.4, -0.2) is 30.4 Å². The Hall–Kier alpha value is -4.72. The Balaban J connectivity index is 1.54. The van der Waals surface area contributed by atoms with Crippen LogP contribution in [-0.2, 0) is 4.84 Å². The number of oxime groups is 1. The number of anilines is 1. The van der Waals surface area contributed by atoms with E-state index < -0.39 is 6.23 Å². The smallest absolute Gasteiger partial charge is 0.237 e. The largest absolute Gasteiger partial charge is 0.363 e. The normalized spacial score (nSPS) is 15.1. The van der Waals surface area contributed by atoms with Crippen molar-refractivity contribution < 1.29 is 4.84 Å². The summed E-state index contributed by atoms with van der Waals surface area (Å²) in [6.45, 7) is 6.13. The molecule has 6 rings (SSSR count). The van der Waals surface area contributed by atoms with Gasteiger partial charge in [0.25, 0.3) is 0 Å². The Morgan fingerprint density at radius 3 is 2.14 bits per heavy atom. The summed E-state index contributed by atoms with van der Waals surface area (Å²) in [6.07, 6.45) is 2.63. The Morgan fingerprint density at radius 1 is 0.778 bits per heavy atom. The SMILES string of the molecule is Cc1ccc(C2=NOC(c3c(C)nn(-c4ccccc4)c3-n3cncn3)N2c2ccc(C)cc2)cc1. The number of hydrogen-bond acceptors (Lipinski definition) is 6. The molecule has 0 N–H and O–H groups in total. The third kappa shape index (κ3) is 3.73. The zero-order valence-corrected chi connectivity index (χ0v) is 20.3. The molecule has 0 radical (unpaired) electrons. The van der Waals surface area contributed by atoms with E-state index in [1.54, 1.807) is 11.0 Å². The first-order valence-corrected chi connectivity index (χ1v) is 11.8. The lowest BCUT2D eigenvalue weighted by atomic mass is 10.1. The molecule has 0 aliphatic carbocycles. The molecular formula is C28H25N7O. The molecular weight excluding hydrogens is 450 g/mol. The van der Waals surface area contributed by atoms with Crippen molar-refractivity contribution in [3.8, 4) is 11.5 Å². The fourth-order valence-corrected chi connectivity index (χ4v) is 4.44. The van der Waals surface area contributed by atoms with Crippen molar-refractivity contribution in [3.05, 3.63) is 119 Å². The maximum Gasteiger partial charge on any atom is 0.237 e. The van der Waals surface area contributed by atoms with Crippen LogP contribution < -0.4 is 4.90 Å². The van der Waals surface area contributed by atoms with Crippen molar-refractivity contribution in [2.24, 2.45) is 5.16 Å². The molecule has 1 unspecified atom stereocenters. The number of aryl methyl sites for hydroxylation is 3. The molecule has 0 amide bonds. The van der Waals surface area contributed by atoms with Gasteiger partial charge in [0.1, 0.15) is 12.7 Å². The predicted molar refractivity (Wildman–Crippen MR) is 138 cm³/mol.